The fourth-order valence-electron chi connectivity index (χ4n) is 5.04. The second-order valence-electron chi connectivity index (χ2n) is 7.61. The standard InChI is InChI=1S/C26H20/c1-3-7-22-17(5-1)9-11-19-13-15-21-16-14-20-12-10-18-6-2-4-8-23(18)25(20)26(21)24(19)22/h1-9,11,14,16H,10,12-13,15H2. The minimum absolute atomic E-state index is 1.15. The van der Waals surface area contributed by atoms with Crippen molar-refractivity contribution in [3.05, 3.63) is 95.1 Å². The van der Waals surface area contributed by atoms with Crippen LogP contribution in [0.2, 0.25) is 0 Å². The van der Waals surface area contributed by atoms with Crippen LogP contribution in [0.5, 0.6) is 0 Å². The fourth-order valence-corrected chi connectivity index (χ4v) is 5.04. The Morgan fingerprint density at radius 1 is 0.423 bits per heavy atom. The quantitative estimate of drug-likeness (QED) is 0.351. The van der Waals surface area contributed by atoms with Gasteiger partial charge in [0.15, 0.2) is 0 Å². The third-order valence-corrected chi connectivity index (χ3v) is 6.26. The summed E-state index contributed by atoms with van der Waals surface area (Å²) >= 11 is 0. The van der Waals surface area contributed by atoms with E-state index in [9.17, 15) is 0 Å². The molecule has 0 heterocycles. The van der Waals surface area contributed by atoms with Crippen LogP contribution in [0.15, 0.2) is 72.8 Å². The Bertz CT molecular complexity index is 1180. The Hall–Kier alpha value is -2.86. The van der Waals surface area contributed by atoms with Gasteiger partial charge in [0, 0.05) is 0 Å². The molecule has 4 aromatic rings. The largest absolute Gasteiger partial charge is 0.0620 e. The van der Waals surface area contributed by atoms with E-state index in [0.717, 1.165) is 25.7 Å². The maximum absolute atomic E-state index is 2.40. The average Bonchev–Trinajstić information content (AvgIpc) is 2.72. The minimum atomic E-state index is 1.15. The van der Waals surface area contributed by atoms with Crippen LogP contribution in [0.1, 0.15) is 22.3 Å². The van der Waals surface area contributed by atoms with Crippen molar-refractivity contribution in [1.29, 1.82) is 0 Å². The summed E-state index contributed by atoms with van der Waals surface area (Å²) < 4.78 is 0. The highest BCUT2D eigenvalue weighted by molar-refractivity contribution is 6.04. The second-order valence-corrected chi connectivity index (χ2v) is 7.61. The van der Waals surface area contributed by atoms with Crippen molar-refractivity contribution < 1.29 is 0 Å². The van der Waals surface area contributed by atoms with Gasteiger partial charge in [-0.15, -0.1) is 0 Å². The van der Waals surface area contributed by atoms with Crippen molar-refractivity contribution in [2.45, 2.75) is 25.7 Å². The molecule has 6 rings (SSSR count). The molecule has 0 bridgehead atoms. The molecule has 124 valence electrons. The first-order valence-electron chi connectivity index (χ1n) is 9.64. The van der Waals surface area contributed by atoms with Gasteiger partial charge in [0.25, 0.3) is 0 Å². The molecule has 0 unspecified atom stereocenters. The summed E-state index contributed by atoms with van der Waals surface area (Å²) in [5.74, 6) is 0. The maximum atomic E-state index is 2.40. The van der Waals surface area contributed by atoms with Gasteiger partial charge >= 0.3 is 0 Å². The summed E-state index contributed by atoms with van der Waals surface area (Å²) in [6, 6.07) is 27.3. The molecule has 0 heteroatoms. The molecule has 0 aromatic heterocycles. The predicted octanol–water partition coefficient (Wildman–Crippen LogP) is 6.37. The van der Waals surface area contributed by atoms with Crippen molar-refractivity contribution in [3.8, 4) is 22.3 Å². The molecule has 0 saturated carbocycles. The summed E-state index contributed by atoms with van der Waals surface area (Å²) in [4.78, 5) is 0. The van der Waals surface area contributed by atoms with E-state index in [1.807, 2.05) is 0 Å². The van der Waals surface area contributed by atoms with Gasteiger partial charge < -0.3 is 0 Å². The lowest BCUT2D eigenvalue weighted by molar-refractivity contribution is 0.918. The number of rotatable bonds is 0. The molecule has 0 fully saturated rings. The maximum Gasteiger partial charge on any atom is -0.00613 e. The molecule has 0 aliphatic heterocycles. The van der Waals surface area contributed by atoms with Crippen LogP contribution < -0.4 is 0 Å². The van der Waals surface area contributed by atoms with E-state index in [-0.39, 0.29) is 0 Å². The Balaban J connectivity index is 1.78. The predicted molar refractivity (Wildman–Crippen MR) is 110 cm³/mol. The Kier molecular flexibility index (Phi) is 2.93. The van der Waals surface area contributed by atoms with Crippen LogP contribution in [0, 0.1) is 0 Å². The molecule has 0 nitrogen and oxygen atoms in total. The SMILES string of the molecule is c1ccc2c(c1)CCc1ccc3c(c1-2)-c1c(ccc2ccccc12)CC3. The minimum Gasteiger partial charge on any atom is -0.0620 e. The smallest absolute Gasteiger partial charge is 0.00613 e. The highest BCUT2D eigenvalue weighted by Crippen LogP contribution is 2.47. The molecule has 0 saturated heterocycles. The van der Waals surface area contributed by atoms with Gasteiger partial charge in [0.1, 0.15) is 0 Å². The zero-order valence-electron chi connectivity index (χ0n) is 14.8. The normalized spacial score (nSPS) is 14.3. The molecular weight excluding hydrogens is 312 g/mol. The first-order valence-corrected chi connectivity index (χ1v) is 9.64. The number of aryl methyl sites for hydroxylation is 4. The summed E-state index contributed by atoms with van der Waals surface area (Å²) in [5, 5.41) is 2.75. The van der Waals surface area contributed by atoms with Crippen molar-refractivity contribution in [2.75, 3.05) is 0 Å². The molecule has 4 aromatic carbocycles. The van der Waals surface area contributed by atoms with E-state index in [0.29, 0.717) is 0 Å². The van der Waals surface area contributed by atoms with Gasteiger partial charge in [-0.2, -0.15) is 0 Å². The van der Waals surface area contributed by atoms with Gasteiger partial charge in [0.2, 0.25) is 0 Å². The van der Waals surface area contributed by atoms with Gasteiger partial charge in [0.05, 0.1) is 0 Å². The fraction of sp³-hybridized carbons (Fsp3) is 0.154. The molecule has 0 amide bonds. The summed E-state index contributed by atoms with van der Waals surface area (Å²) in [6.45, 7) is 0. The van der Waals surface area contributed by atoms with Crippen LogP contribution in [-0.2, 0) is 25.7 Å². The van der Waals surface area contributed by atoms with Gasteiger partial charge in [-0.05, 0) is 81.0 Å². The van der Waals surface area contributed by atoms with Gasteiger partial charge in [-0.3, -0.25) is 0 Å². The third-order valence-electron chi connectivity index (χ3n) is 6.26. The molecular formula is C26H20. The van der Waals surface area contributed by atoms with Gasteiger partial charge in [-0.25, -0.2) is 0 Å². The summed E-state index contributed by atoms with van der Waals surface area (Å²) in [5.41, 5.74) is 12.0. The lowest BCUT2D eigenvalue weighted by Gasteiger charge is -2.29. The van der Waals surface area contributed by atoms with Crippen molar-refractivity contribution in [2.24, 2.45) is 0 Å². The van der Waals surface area contributed by atoms with E-state index in [1.165, 1.54) is 55.3 Å². The Labute approximate surface area is 154 Å². The van der Waals surface area contributed by atoms with Crippen molar-refractivity contribution >= 4 is 10.8 Å². The molecule has 0 spiro atoms. The average molecular weight is 332 g/mol. The van der Waals surface area contributed by atoms with Crippen molar-refractivity contribution in [3.63, 3.8) is 0 Å². The van der Waals surface area contributed by atoms with E-state index in [4.69, 9.17) is 0 Å². The molecule has 0 atom stereocenters. The Morgan fingerprint density at radius 2 is 1.04 bits per heavy atom. The first kappa shape index (κ1) is 14.3. The van der Waals surface area contributed by atoms with E-state index in [1.54, 1.807) is 0 Å². The highest BCUT2D eigenvalue weighted by atomic mass is 14.3. The zero-order valence-corrected chi connectivity index (χ0v) is 14.8. The number of hydrogen-bond acceptors (Lipinski definition) is 0. The third kappa shape index (κ3) is 1.90. The molecule has 0 radical (unpaired) electrons. The van der Waals surface area contributed by atoms with E-state index in [2.05, 4.69) is 72.8 Å². The molecule has 0 N–H and O–H groups in total. The van der Waals surface area contributed by atoms with Crippen LogP contribution in [-0.4, -0.2) is 0 Å². The summed E-state index contributed by atoms with van der Waals surface area (Å²) in [7, 11) is 0. The Morgan fingerprint density at radius 3 is 1.92 bits per heavy atom. The summed E-state index contributed by atoms with van der Waals surface area (Å²) in [6.07, 6.45) is 4.60. The van der Waals surface area contributed by atoms with E-state index >= 15 is 0 Å². The topological polar surface area (TPSA) is 0 Å². The second kappa shape index (κ2) is 5.32. The monoisotopic (exact) mass is 332 g/mol. The van der Waals surface area contributed by atoms with Crippen molar-refractivity contribution in [1.82, 2.24) is 0 Å². The number of benzene rings is 4. The first-order chi connectivity index (χ1) is 12.9. The lowest BCUT2D eigenvalue weighted by atomic mass is 9.74. The zero-order chi connectivity index (χ0) is 17.1. The van der Waals surface area contributed by atoms with Crippen LogP contribution in [0.3, 0.4) is 0 Å². The van der Waals surface area contributed by atoms with Gasteiger partial charge in [-0.1, -0.05) is 72.8 Å². The molecule has 2 aliphatic rings. The number of hydrogen-bond donors (Lipinski definition) is 0. The molecule has 2 aliphatic carbocycles. The van der Waals surface area contributed by atoms with Crippen LogP contribution in [0.25, 0.3) is 33.0 Å². The van der Waals surface area contributed by atoms with E-state index < -0.39 is 0 Å². The lowest BCUT2D eigenvalue weighted by Crippen LogP contribution is -2.11. The number of fused-ring (bicyclic) bond motifs is 9. The van der Waals surface area contributed by atoms with Crippen LogP contribution >= 0.6 is 0 Å². The highest BCUT2D eigenvalue weighted by Gasteiger charge is 2.26. The molecule has 26 heavy (non-hydrogen) atoms. The van der Waals surface area contributed by atoms with Crippen LogP contribution in [0.4, 0.5) is 0 Å².